The van der Waals surface area contributed by atoms with Gasteiger partial charge in [0.1, 0.15) is 0 Å². The summed E-state index contributed by atoms with van der Waals surface area (Å²) < 4.78 is 20.1. The van der Waals surface area contributed by atoms with Crippen molar-refractivity contribution in [3.05, 3.63) is 30.3 Å². The number of carbonyl (C=O) groups excluding carboxylic acids is 1. The number of para-hydroxylation sites is 1. The highest BCUT2D eigenvalue weighted by Gasteiger charge is 2.53. The van der Waals surface area contributed by atoms with Gasteiger partial charge in [0.15, 0.2) is 0 Å². The second-order valence-corrected chi connectivity index (χ2v) is 4.62. The molecule has 2 rings (SSSR count). The Morgan fingerprint density at radius 2 is 1.79 bits per heavy atom. The molecule has 0 aromatic heterocycles. The smallest absolute Gasteiger partial charge is 0.301 e. The van der Waals surface area contributed by atoms with Crippen LogP contribution in [-0.4, -0.2) is 30.4 Å². The van der Waals surface area contributed by atoms with Crippen LogP contribution in [0.5, 0.6) is 0 Å². The molecule has 0 saturated heterocycles. The lowest BCUT2D eigenvalue weighted by molar-refractivity contribution is -0.124. The van der Waals surface area contributed by atoms with E-state index in [1.54, 1.807) is 30.3 Å². The Labute approximate surface area is 114 Å². The Bertz CT molecular complexity index is 518. The molecule has 104 valence electrons. The predicted molar refractivity (Wildman–Crippen MR) is 74.1 cm³/mol. The zero-order valence-corrected chi connectivity index (χ0v) is 11.7. The second kappa shape index (κ2) is 6.05. The first-order valence-corrected chi connectivity index (χ1v) is 6.87. The molecule has 1 aliphatic rings. The first kappa shape index (κ1) is 15.5. The molecule has 19 heavy (non-hydrogen) atoms. The normalized spacial score (nSPS) is 23.5. The monoisotopic (exact) mass is 284 g/mol. The van der Waals surface area contributed by atoms with Gasteiger partial charge in [-0.1, -0.05) is 32.0 Å². The number of anilines is 1. The molecular weight excluding hydrogens is 268 g/mol. The Morgan fingerprint density at radius 1 is 1.26 bits per heavy atom. The summed E-state index contributed by atoms with van der Waals surface area (Å²) in [5.41, 5.74) is 0.324. The number of aliphatic hydroxyl groups is 1. The van der Waals surface area contributed by atoms with E-state index >= 15 is 0 Å². The van der Waals surface area contributed by atoms with Gasteiger partial charge >= 0.3 is 5.91 Å². The van der Waals surface area contributed by atoms with Crippen molar-refractivity contribution in [1.29, 1.82) is 0 Å². The number of hydrogen-bond donors (Lipinski definition) is 2. The molecule has 0 bridgehead atoms. The summed E-state index contributed by atoms with van der Waals surface area (Å²) in [6, 6.07) is 8.37. The third kappa shape index (κ3) is 2.58. The van der Waals surface area contributed by atoms with E-state index in [9.17, 15) is 14.1 Å². The fraction of sp³-hybridized carbons (Fsp3) is 0.333. The van der Waals surface area contributed by atoms with Crippen LogP contribution in [0, 0.1) is 0 Å². The predicted octanol–water partition coefficient (Wildman–Crippen LogP) is 1.35. The van der Waals surface area contributed by atoms with Gasteiger partial charge < -0.3 is 9.66 Å². The van der Waals surface area contributed by atoms with Crippen LogP contribution >= 0.6 is 0 Å². The average Bonchev–Trinajstić information content (AvgIpc) is 2.67. The van der Waals surface area contributed by atoms with Crippen molar-refractivity contribution in [1.82, 2.24) is 0 Å². The third-order valence-corrected chi connectivity index (χ3v) is 3.45. The van der Waals surface area contributed by atoms with Gasteiger partial charge in [-0.3, -0.25) is 4.79 Å². The van der Waals surface area contributed by atoms with E-state index in [-0.39, 0.29) is 5.71 Å². The molecule has 0 radical (unpaired) electrons. The van der Waals surface area contributed by atoms with E-state index in [2.05, 4.69) is 5.10 Å². The number of carbonyl (C=O) groups is 1. The molecule has 2 atom stereocenters. The van der Waals surface area contributed by atoms with Crippen LogP contribution in [0.25, 0.3) is 0 Å². The largest absolute Gasteiger partial charge is 0.363 e. The molecule has 1 aromatic carbocycles. The molecule has 0 fully saturated rings. The third-order valence-electron chi connectivity index (χ3n) is 2.48. The van der Waals surface area contributed by atoms with Gasteiger partial charge in [-0.25, -0.2) is 4.21 Å². The molecule has 0 saturated carbocycles. The minimum Gasteiger partial charge on any atom is -0.363 e. The van der Waals surface area contributed by atoms with Gasteiger partial charge in [-0.05, 0) is 19.1 Å². The minimum atomic E-state index is -2.73. The summed E-state index contributed by atoms with van der Waals surface area (Å²) in [7, 11) is 0. The molecule has 1 aromatic rings. The lowest BCUT2D eigenvalue weighted by atomic mass is 10.2. The number of amides is 1. The molecule has 0 spiro atoms. The molecule has 2 N–H and O–H groups in total. The highest BCUT2D eigenvalue weighted by molar-refractivity contribution is 7.82. The van der Waals surface area contributed by atoms with Crippen LogP contribution in [0.2, 0.25) is 0 Å². The van der Waals surface area contributed by atoms with Crippen LogP contribution in [0.15, 0.2) is 35.4 Å². The number of benzene rings is 1. The Kier molecular flexibility index (Phi) is 4.93. The van der Waals surface area contributed by atoms with E-state index in [1.807, 2.05) is 13.8 Å². The van der Waals surface area contributed by atoms with Crippen molar-refractivity contribution < 1.29 is 18.7 Å². The fourth-order valence-electron chi connectivity index (χ4n) is 1.51. The molecule has 0 aliphatic carbocycles. The molecule has 7 heteroatoms. The fourth-order valence-corrected chi connectivity index (χ4v) is 2.04. The maximum Gasteiger partial charge on any atom is 0.301 e. The number of rotatable bonds is 2. The molecule has 1 amide bonds. The zero-order valence-electron chi connectivity index (χ0n) is 10.9. The quantitative estimate of drug-likeness (QED) is 0.802. The molecular formula is C12H16N2O4S. The topological polar surface area (TPSA) is 90.2 Å². The van der Waals surface area contributed by atoms with E-state index in [0.717, 1.165) is 5.01 Å². The first-order chi connectivity index (χ1) is 8.98. The van der Waals surface area contributed by atoms with Crippen LogP contribution in [0.1, 0.15) is 20.8 Å². The highest BCUT2D eigenvalue weighted by Crippen LogP contribution is 2.27. The summed E-state index contributed by atoms with van der Waals surface area (Å²) >= 11 is -2.73. The lowest BCUT2D eigenvalue weighted by Gasteiger charge is -2.18. The van der Waals surface area contributed by atoms with Gasteiger partial charge in [0.2, 0.25) is 11.1 Å². The van der Waals surface area contributed by atoms with E-state index in [0.29, 0.717) is 5.69 Å². The van der Waals surface area contributed by atoms with E-state index in [4.69, 9.17) is 4.55 Å². The van der Waals surface area contributed by atoms with Crippen LogP contribution in [0.4, 0.5) is 5.69 Å². The first-order valence-electron chi connectivity index (χ1n) is 5.76. The van der Waals surface area contributed by atoms with Gasteiger partial charge in [0.05, 0.1) is 11.4 Å². The molecule has 2 unspecified atom stereocenters. The number of hydrazone groups is 1. The maximum absolute atomic E-state index is 11.9. The standard InChI is InChI=1S/C10H10N2O4S.C2H6/c1-7-10(14,17(15)16)9(13)12(11-7)8-5-3-2-4-6-8;1-2/h2-6,14H,1H3,(H,15,16);1-2H3. The van der Waals surface area contributed by atoms with Crippen LogP contribution < -0.4 is 5.01 Å². The Balaban J connectivity index is 0.000000861. The van der Waals surface area contributed by atoms with Gasteiger partial charge in [-0.2, -0.15) is 10.1 Å². The molecule has 6 nitrogen and oxygen atoms in total. The average molecular weight is 284 g/mol. The maximum atomic E-state index is 11.9. The lowest BCUT2D eigenvalue weighted by Crippen LogP contribution is -2.49. The van der Waals surface area contributed by atoms with Crippen LogP contribution in [-0.2, 0) is 15.9 Å². The van der Waals surface area contributed by atoms with Gasteiger partial charge in [0, 0.05) is 0 Å². The molecule has 1 aliphatic heterocycles. The Hall–Kier alpha value is -1.57. The van der Waals surface area contributed by atoms with Crippen LogP contribution in [0.3, 0.4) is 0 Å². The summed E-state index contributed by atoms with van der Waals surface area (Å²) in [4.78, 5) is 9.44. The van der Waals surface area contributed by atoms with Crippen molar-refractivity contribution in [2.45, 2.75) is 25.7 Å². The Morgan fingerprint density at radius 3 is 2.21 bits per heavy atom. The minimum absolute atomic E-state index is 0.104. The van der Waals surface area contributed by atoms with Crippen molar-refractivity contribution in [2.24, 2.45) is 5.10 Å². The summed E-state index contributed by atoms with van der Waals surface area (Å²) in [6.45, 7) is 5.33. The summed E-state index contributed by atoms with van der Waals surface area (Å²) in [5.74, 6) is -0.929. The SMILES string of the molecule is CC.CC1=NN(c2ccccc2)C(=O)C1(O)S(=O)O. The highest BCUT2D eigenvalue weighted by atomic mass is 32.2. The summed E-state index contributed by atoms with van der Waals surface area (Å²) in [5, 5.41) is 14.6. The molecule has 1 heterocycles. The number of hydrogen-bond acceptors (Lipinski definition) is 4. The van der Waals surface area contributed by atoms with Crippen molar-refractivity contribution in [2.75, 3.05) is 5.01 Å². The van der Waals surface area contributed by atoms with Gasteiger partial charge in [0.25, 0.3) is 4.93 Å². The van der Waals surface area contributed by atoms with Gasteiger partial charge in [-0.15, -0.1) is 0 Å². The van der Waals surface area contributed by atoms with E-state index in [1.165, 1.54) is 6.92 Å². The van der Waals surface area contributed by atoms with E-state index < -0.39 is 21.9 Å². The summed E-state index contributed by atoms with van der Waals surface area (Å²) in [6.07, 6.45) is 0. The van der Waals surface area contributed by atoms with Crippen molar-refractivity contribution >= 4 is 28.4 Å². The van der Waals surface area contributed by atoms with Crippen molar-refractivity contribution in [3.8, 4) is 0 Å². The number of nitrogens with zero attached hydrogens (tertiary/aromatic N) is 2. The second-order valence-electron chi connectivity index (χ2n) is 3.53. The zero-order chi connectivity index (χ0) is 14.6. The van der Waals surface area contributed by atoms with Crippen molar-refractivity contribution in [3.63, 3.8) is 0 Å².